The Morgan fingerprint density at radius 1 is 0.952 bits per heavy atom. The van der Waals surface area contributed by atoms with Gasteiger partial charge in [0.25, 0.3) is 0 Å². The second-order valence-corrected chi connectivity index (χ2v) is 4.96. The highest BCUT2D eigenvalue weighted by Gasteiger charge is 2.05. The van der Waals surface area contributed by atoms with Crippen molar-refractivity contribution in [1.82, 2.24) is 0 Å². The molecule has 0 aliphatic rings. The van der Waals surface area contributed by atoms with Crippen LogP contribution in [0.15, 0.2) is 66.4 Å². The maximum Gasteiger partial charge on any atom is 0.116 e. The molecule has 0 saturated carbocycles. The first kappa shape index (κ1) is 13.3. The summed E-state index contributed by atoms with van der Waals surface area (Å²) in [5, 5.41) is 23.6. The molecule has 0 spiro atoms. The fourth-order valence-electron chi connectivity index (χ4n) is 2.53. The van der Waals surface area contributed by atoms with Gasteiger partial charge in [-0.05, 0) is 64.4 Å². The Kier molecular flexibility index (Phi) is 3.36. The predicted octanol–water partition coefficient (Wildman–Crippen LogP) is 5.17. The second kappa shape index (κ2) is 5.33. The lowest BCUT2D eigenvalue weighted by Crippen LogP contribution is -1.83. The smallest absolute Gasteiger partial charge is 0.116 e. The van der Waals surface area contributed by atoms with E-state index in [2.05, 4.69) is 6.07 Å². The average Bonchev–Trinajstić information content (AvgIpc) is 2.52. The first-order valence-corrected chi connectivity index (χ1v) is 6.87. The third-order valence-corrected chi connectivity index (χ3v) is 3.61. The first-order valence-electron chi connectivity index (χ1n) is 6.87. The summed E-state index contributed by atoms with van der Waals surface area (Å²) in [6.07, 6.45) is 5.21. The van der Waals surface area contributed by atoms with Crippen LogP contribution < -0.4 is 0 Å². The molecule has 21 heavy (non-hydrogen) atoms. The highest BCUT2D eigenvalue weighted by Crippen LogP contribution is 2.32. The molecule has 0 amide bonds. The van der Waals surface area contributed by atoms with Crippen molar-refractivity contribution < 1.29 is 10.2 Å². The normalized spacial score (nSPS) is 12.5. The fraction of sp³-hybridized carbons (Fsp3) is 0.0526. The minimum absolute atomic E-state index is 0.232. The quantitative estimate of drug-likeness (QED) is 0.385. The first-order chi connectivity index (χ1) is 10.2. The van der Waals surface area contributed by atoms with Gasteiger partial charge in [-0.3, -0.25) is 0 Å². The van der Waals surface area contributed by atoms with Crippen molar-refractivity contribution in [2.75, 3.05) is 0 Å². The van der Waals surface area contributed by atoms with E-state index in [4.69, 9.17) is 0 Å². The third-order valence-electron chi connectivity index (χ3n) is 3.61. The Morgan fingerprint density at radius 2 is 1.76 bits per heavy atom. The average molecular weight is 276 g/mol. The number of allylic oxidation sites excluding steroid dienone is 2. The zero-order valence-electron chi connectivity index (χ0n) is 11.7. The van der Waals surface area contributed by atoms with Crippen molar-refractivity contribution in [3.63, 3.8) is 0 Å². The van der Waals surface area contributed by atoms with E-state index in [0.717, 1.165) is 27.1 Å². The summed E-state index contributed by atoms with van der Waals surface area (Å²) in [5.74, 6) is 0.486. The summed E-state index contributed by atoms with van der Waals surface area (Å²) in [6, 6.07) is 15.5. The van der Waals surface area contributed by atoms with Crippen molar-refractivity contribution in [1.29, 1.82) is 0 Å². The number of hydrogen-bond acceptors (Lipinski definition) is 2. The van der Waals surface area contributed by atoms with E-state index < -0.39 is 0 Å². The molecule has 0 unspecified atom stereocenters. The number of benzene rings is 3. The molecule has 3 rings (SSSR count). The third kappa shape index (κ3) is 2.48. The van der Waals surface area contributed by atoms with Crippen LogP contribution >= 0.6 is 0 Å². The number of fused-ring (bicyclic) bond motifs is 3. The van der Waals surface area contributed by atoms with Crippen LogP contribution in [0.25, 0.3) is 27.6 Å². The van der Waals surface area contributed by atoms with Gasteiger partial charge in [0, 0.05) is 0 Å². The molecule has 0 aliphatic carbocycles. The van der Waals surface area contributed by atoms with E-state index in [1.165, 1.54) is 0 Å². The molecule has 104 valence electrons. The number of phenolic OH excluding ortho intramolecular Hbond substituents is 1. The molecular formula is C19H16O2. The van der Waals surface area contributed by atoms with Crippen LogP contribution in [0.2, 0.25) is 0 Å². The number of phenols is 1. The number of rotatable bonds is 2. The van der Waals surface area contributed by atoms with Crippen LogP contribution in [0.1, 0.15) is 12.5 Å². The van der Waals surface area contributed by atoms with Gasteiger partial charge in [-0.25, -0.2) is 0 Å². The van der Waals surface area contributed by atoms with E-state index in [1.807, 2.05) is 36.4 Å². The summed E-state index contributed by atoms with van der Waals surface area (Å²) in [7, 11) is 0. The van der Waals surface area contributed by atoms with Gasteiger partial charge in [-0.1, -0.05) is 36.4 Å². The molecule has 0 atom stereocenters. The molecule has 0 aromatic heterocycles. The molecule has 0 bridgehead atoms. The number of aliphatic hydroxyl groups excluding tert-OH is 1. The molecule has 2 heteroatoms. The standard InChI is InChI=1S/C19H16O2/c1-2-15(20)8-7-14-11-13-5-3-4-6-17(13)19-12-16(21)9-10-18(14)19/h2-12,20-21H,1H3/b8-7-,15-2+. The molecule has 3 aromatic rings. The van der Waals surface area contributed by atoms with E-state index in [0.29, 0.717) is 0 Å². The van der Waals surface area contributed by atoms with Gasteiger partial charge in [0.1, 0.15) is 11.5 Å². The SMILES string of the molecule is C/C=C(O)\C=C/c1cc2ccccc2c2cc(O)ccc12. The Hall–Kier alpha value is -2.74. The Labute approximate surface area is 123 Å². The summed E-state index contributed by atoms with van der Waals surface area (Å²) in [5.41, 5.74) is 1.01. The fourth-order valence-corrected chi connectivity index (χ4v) is 2.53. The maximum absolute atomic E-state index is 9.77. The highest BCUT2D eigenvalue weighted by atomic mass is 16.3. The molecule has 0 heterocycles. The summed E-state index contributed by atoms with van der Waals surface area (Å²) < 4.78 is 0. The topological polar surface area (TPSA) is 40.5 Å². The minimum Gasteiger partial charge on any atom is -0.508 e. The maximum atomic E-state index is 9.77. The van der Waals surface area contributed by atoms with E-state index >= 15 is 0 Å². The summed E-state index contributed by atoms with van der Waals surface area (Å²) in [4.78, 5) is 0. The van der Waals surface area contributed by atoms with Gasteiger partial charge in [-0.15, -0.1) is 0 Å². The van der Waals surface area contributed by atoms with Crippen molar-refractivity contribution in [3.05, 3.63) is 72.0 Å². The van der Waals surface area contributed by atoms with Crippen molar-refractivity contribution in [2.24, 2.45) is 0 Å². The summed E-state index contributed by atoms with van der Waals surface area (Å²) in [6.45, 7) is 1.79. The van der Waals surface area contributed by atoms with Gasteiger partial charge in [-0.2, -0.15) is 0 Å². The van der Waals surface area contributed by atoms with Crippen molar-refractivity contribution >= 4 is 27.6 Å². The molecule has 0 aliphatic heterocycles. The highest BCUT2D eigenvalue weighted by molar-refractivity contribution is 6.11. The molecule has 3 aromatic carbocycles. The molecule has 0 radical (unpaired) electrons. The van der Waals surface area contributed by atoms with Gasteiger partial charge < -0.3 is 10.2 Å². The predicted molar refractivity (Wildman–Crippen MR) is 88.5 cm³/mol. The van der Waals surface area contributed by atoms with Gasteiger partial charge >= 0.3 is 0 Å². The van der Waals surface area contributed by atoms with Gasteiger partial charge in [0.2, 0.25) is 0 Å². The van der Waals surface area contributed by atoms with Crippen LogP contribution in [0.5, 0.6) is 5.75 Å². The van der Waals surface area contributed by atoms with Crippen molar-refractivity contribution in [3.8, 4) is 5.75 Å². The van der Waals surface area contributed by atoms with Crippen LogP contribution in [-0.4, -0.2) is 10.2 Å². The van der Waals surface area contributed by atoms with Crippen LogP contribution in [0.3, 0.4) is 0 Å². The number of aromatic hydroxyl groups is 1. The summed E-state index contributed by atoms with van der Waals surface area (Å²) >= 11 is 0. The lowest BCUT2D eigenvalue weighted by molar-refractivity contribution is 0.432. The van der Waals surface area contributed by atoms with Crippen LogP contribution in [0.4, 0.5) is 0 Å². The number of aliphatic hydroxyl groups is 1. The van der Waals surface area contributed by atoms with Gasteiger partial charge in [0.15, 0.2) is 0 Å². The largest absolute Gasteiger partial charge is 0.508 e. The Morgan fingerprint density at radius 3 is 2.57 bits per heavy atom. The van der Waals surface area contributed by atoms with E-state index in [-0.39, 0.29) is 11.5 Å². The molecule has 2 N–H and O–H groups in total. The molecular weight excluding hydrogens is 260 g/mol. The van der Waals surface area contributed by atoms with Crippen LogP contribution in [-0.2, 0) is 0 Å². The Bertz CT molecular complexity index is 873. The Balaban J connectivity index is 2.34. The lowest BCUT2D eigenvalue weighted by atomic mass is 9.96. The minimum atomic E-state index is 0.232. The van der Waals surface area contributed by atoms with Crippen molar-refractivity contribution in [2.45, 2.75) is 6.92 Å². The zero-order chi connectivity index (χ0) is 14.8. The lowest BCUT2D eigenvalue weighted by Gasteiger charge is -2.08. The zero-order valence-corrected chi connectivity index (χ0v) is 11.7. The molecule has 2 nitrogen and oxygen atoms in total. The van der Waals surface area contributed by atoms with Crippen LogP contribution in [0, 0.1) is 0 Å². The number of hydrogen-bond donors (Lipinski definition) is 2. The molecule has 0 saturated heterocycles. The van der Waals surface area contributed by atoms with E-state index in [9.17, 15) is 10.2 Å². The molecule has 0 fully saturated rings. The van der Waals surface area contributed by atoms with Gasteiger partial charge in [0.05, 0.1) is 0 Å². The second-order valence-electron chi connectivity index (χ2n) is 4.96. The van der Waals surface area contributed by atoms with E-state index in [1.54, 1.807) is 31.2 Å². The monoisotopic (exact) mass is 276 g/mol.